The van der Waals surface area contributed by atoms with Gasteiger partial charge in [-0.1, -0.05) is 24.3 Å². The number of hydrogen-bond acceptors (Lipinski definition) is 6. The van der Waals surface area contributed by atoms with Crippen LogP contribution in [-0.4, -0.2) is 33.4 Å². The Hall–Kier alpha value is -4.32. The SMILES string of the molecule is Cc1nn(-c2ccccc2)c(CN2C(=O)N[C@@](C)(c3ccc4c(c3)OCO4)C2=O)c1C#N. The molecule has 0 saturated carbocycles. The lowest BCUT2D eigenvalue weighted by Crippen LogP contribution is -2.40. The number of rotatable bonds is 4. The summed E-state index contributed by atoms with van der Waals surface area (Å²) in [5.41, 5.74) is 1.36. The van der Waals surface area contributed by atoms with Crippen LogP contribution in [0.5, 0.6) is 11.5 Å². The Morgan fingerprint density at radius 1 is 1.16 bits per heavy atom. The molecule has 160 valence electrons. The van der Waals surface area contributed by atoms with Crippen molar-refractivity contribution in [3.63, 3.8) is 0 Å². The maximum Gasteiger partial charge on any atom is 0.325 e. The van der Waals surface area contributed by atoms with Crippen molar-refractivity contribution in [1.82, 2.24) is 20.0 Å². The molecule has 9 nitrogen and oxygen atoms in total. The van der Waals surface area contributed by atoms with Crippen molar-refractivity contribution in [2.45, 2.75) is 25.9 Å². The lowest BCUT2D eigenvalue weighted by molar-refractivity contribution is -0.131. The second-order valence-electron chi connectivity index (χ2n) is 7.78. The molecule has 0 unspecified atom stereocenters. The fourth-order valence-electron chi connectivity index (χ4n) is 4.04. The quantitative estimate of drug-likeness (QED) is 0.639. The summed E-state index contributed by atoms with van der Waals surface area (Å²) in [7, 11) is 0. The molecule has 2 aromatic carbocycles. The van der Waals surface area contributed by atoms with Gasteiger partial charge in [0.25, 0.3) is 5.91 Å². The van der Waals surface area contributed by atoms with Crippen LogP contribution in [0.4, 0.5) is 4.79 Å². The maximum absolute atomic E-state index is 13.5. The van der Waals surface area contributed by atoms with Crippen molar-refractivity contribution in [2.75, 3.05) is 6.79 Å². The van der Waals surface area contributed by atoms with Crippen molar-refractivity contribution < 1.29 is 19.1 Å². The topological polar surface area (TPSA) is 109 Å². The van der Waals surface area contributed by atoms with Gasteiger partial charge in [0.05, 0.1) is 29.2 Å². The largest absolute Gasteiger partial charge is 0.454 e. The Bertz CT molecular complexity index is 1290. The third kappa shape index (κ3) is 2.88. The third-order valence-corrected chi connectivity index (χ3v) is 5.80. The molecule has 32 heavy (non-hydrogen) atoms. The number of ether oxygens (including phenoxy) is 2. The highest BCUT2D eigenvalue weighted by atomic mass is 16.7. The van der Waals surface area contributed by atoms with E-state index in [1.54, 1.807) is 36.7 Å². The van der Waals surface area contributed by atoms with E-state index in [0.717, 1.165) is 10.6 Å². The number of carbonyl (C=O) groups excluding carboxylic acids is 2. The second kappa shape index (κ2) is 7.13. The summed E-state index contributed by atoms with van der Waals surface area (Å²) >= 11 is 0. The smallest absolute Gasteiger partial charge is 0.325 e. The fraction of sp³-hybridized carbons (Fsp3) is 0.217. The number of para-hydroxylation sites is 1. The number of aromatic nitrogens is 2. The van der Waals surface area contributed by atoms with Crippen LogP contribution >= 0.6 is 0 Å². The highest BCUT2D eigenvalue weighted by Gasteiger charge is 2.49. The Balaban J connectivity index is 1.52. The molecule has 1 aromatic heterocycles. The van der Waals surface area contributed by atoms with E-state index in [1.165, 1.54) is 0 Å². The zero-order chi connectivity index (χ0) is 22.5. The van der Waals surface area contributed by atoms with E-state index in [1.807, 2.05) is 30.3 Å². The van der Waals surface area contributed by atoms with Crippen molar-refractivity contribution in [3.05, 3.63) is 71.0 Å². The van der Waals surface area contributed by atoms with Gasteiger partial charge in [0.15, 0.2) is 11.5 Å². The molecule has 0 aliphatic carbocycles. The summed E-state index contributed by atoms with van der Waals surface area (Å²) in [5, 5.41) is 17.0. The lowest BCUT2D eigenvalue weighted by atomic mass is 9.91. The van der Waals surface area contributed by atoms with E-state index in [9.17, 15) is 14.9 Å². The van der Waals surface area contributed by atoms with E-state index in [4.69, 9.17) is 9.47 Å². The van der Waals surface area contributed by atoms with E-state index in [2.05, 4.69) is 16.5 Å². The van der Waals surface area contributed by atoms with Crippen LogP contribution in [0.15, 0.2) is 48.5 Å². The molecule has 1 N–H and O–H groups in total. The third-order valence-electron chi connectivity index (χ3n) is 5.80. The molecule has 3 aromatic rings. The predicted octanol–water partition coefficient (Wildman–Crippen LogP) is 2.75. The van der Waals surface area contributed by atoms with Gasteiger partial charge in [-0.2, -0.15) is 10.4 Å². The van der Waals surface area contributed by atoms with Gasteiger partial charge in [-0.3, -0.25) is 9.69 Å². The fourth-order valence-corrected chi connectivity index (χ4v) is 4.04. The summed E-state index contributed by atoms with van der Waals surface area (Å²) in [6, 6.07) is 16.0. The molecule has 2 aliphatic rings. The number of nitrogens with one attached hydrogen (secondary N) is 1. The van der Waals surface area contributed by atoms with E-state index < -0.39 is 17.5 Å². The number of carbonyl (C=O) groups is 2. The normalized spacial score (nSPS) is 19.2. The summed E-state index contributed by atoms with van der Waals surface area (Å²) in [4.78, 5) is 27.5. The first-order valence-corrected chi connectivity index (χ1v) is 10.0. The number of nitriles is 1. The van der Waals surface area contributed by atoms with Crippen LogP contribution in [0.2, 0.25) is 0 Å². The van der Waals surface area contributed by atoms with Crippen LogP contribution < -0.4 is 14.8 Å². The molecule has 2 aliphatic heterocycles. The zero-order valence-corrected chi connectivity index (χ0v) is 17.5. The average molecular weight is 429 g/mol. The van der Waals surface area contributed by atoms with Gasteiger partial charge in [0, 0.05) is 0 Å². The molecule has 3 heterocycles. The van der Waals surface area contributed by atoms with Crippen LogP contribution in [0.1, 0.15) is 29.4 Å². The van der Waals surface area contributed by atoms with Crippen molar-refractivity contribution in [3.8, 4) is 23.3 Å². The summed E-state index contributed by atoms with van der Waals surface area (Å²) in [5.74, 6) is 0.685. The highest BCUT2D eigenvalue weighted by Crippen LogP contribution is 2.38. The molecule has 3 amide bonds. The Labute approximate surface area is 183 Å². The van der Waals surface area contributed by atoms with Gasteiger partial charge >= 0.3 is 6.03 Å². The number of fused-ring (bicyclic) bond motifs is 1. The number of benzene rings is 2. The lowest BCUT2D eigenvalue weighted by Gasteiger charge is -2.22. The first-order chi connectivity index (χ1) is 15.4. The van der Waals surface area contributed by atoms with Crippen molar-refractivity contribution in [2.24, 2.45) is 0 Å². The van der Waals surface area contributed by atoms with Crippen molar-refractivity contribution in [1.29, 1.82) is 5.26 Å². The van der Waals surface area contributed by atoms with Crippen molar-refractivity contribution >= 4 is 11.9 Å². The molecular weight excluding hydrogens is 410 g/mol. The van der Waals surface area contributed by atoms with E-state index in [-0.39, 0.29) is 13.3 Å². The van der Waals surface area contributed by atoms with E-state index >= 15 is 0 Å². The number of urea groups is 1. The van der Waals surface area contributed by atoms with Gasteiger partial charge in [-0.15, -0.1) is 0 Å². The minimum absolute atomic E-state index is 0.0938. The molecule has 1 atom stereocenters. The van der Waals surface area contributed by atoms with Gasteiger partial charge < -0.3 is 14.8 Å². The summed E-state index contributed by atoms with van der Waals surface area (Å²) in [6.07, 6.45) is 0. The number of hydrogen-bond donors (Lipinski definition) is 1. The minimum Gasteiger partial charge on any atom is -0.454 e. The first kappa shape index (κ1) is 19.6. The standard InChI is InChI=1S/C23H19N5O4/c1-14-17(11-24)18(28(26-14)16-6-4-3-5-7-16)12-27-21(29)23(2,25-22(27)30)15-8-9-19-20(10-15)32-13-31-19/h3-10H,12-13H2,1-2H3,(H,25,30)/t23-/m0/s1. The van der Waals surface area contributed by atoms with Crippen LogP contribution in [0.3, 0.4) is 0 Å². The van der Waals surface area contributed by atoms with E-state index in [0.29, 0.717) is 34.0 Å². The molecule has 1 fully saturated rings. The summed E-state index contributed by atoms with van der Waals surface area (Å²) < 4.78 is 12.4. The van der Waals surface area contributed by atoms with Gasteiger partial charge in [0.1, 0.15) is 11.6 Å². The molecule has 0 bridgehead atoms. The number of aryl methyl sites for hydroxylation is 1. The Kier molecular flexibility index (Phi) is 4.37. The zero-order valence-electron chi connectivity index (χ0n) is 17.5. The Morgan fingerprint density at radius 2 is 1.91 bits per heavy atom. The number of nitrogens with zero attached hydrogens (tertiary/aromatic N) is 4. The Morgan fingerprint density at radius 3 is 2.66 bits per heavy atom. The molecular formula is C23H19N5O4. The van der Waals surface area contributed by atoms with Gasteiger partial charge in [0.2, 0.25) is 6.79 Å². The molecule has 5 rings (SSSR count). The second-order valence-corrected chi connectivity index (χ2v) is 7.78. The first-order valence-electron chi connectivity index (χ1n) is 10.0. The predicted molar refractivity (Wildman–Crippen MR) is 112 cm³/mol. The van der Waals surface area contributed by atoms with Gasteiger partial charge in [-0.25, -0.2) is 9.48 Å². The van der Waals surface area contributed by atoms with Crippen LogP contribution in [-0.2, 0) is 16.9 Å². The molecule has 1 saturated heterocycles. The highest BCUT2D eigenvalue weighted by molar-refractivity contribution is 6.07. The number of imide groups is 1. The molecule has 0 spiro atoms. The monoisotopic (exact) mass is 429 g/mol. The molecule has 9 heteroatoms. The molecule has 0 radical (unpaired) electrons. The van der Waals surface area contributed by atoms with Crippen LogP contribution in [0.25, 0.3) is 5.69 Å². The number of amides is 3. The maximum atomic E-state index is 13.5. The van der Waals surface area contributed by atoms with Gasteiger partial charge in [-0.05, 0) is 43.7 Å². The van der Waals surface area contributed by atoms with Crippen LogP contribution in [0, 0.1) is 18.3 Å². The minimum atomic E-state index is -1.28. The summed E-state index contributed by atoms with van der Waals surface area (Å²) in [6.45, 7) is 3.39. The average Bonchev–Trinajstić information content (AvgIpc) is 3.45.